The van der Waals surface area contributed by atoms with Crippen LogP contribution in [0.5, 0.6) is 0 Å². The van der Waals surface area contributed by atoms with Crippen LogP contribution in [-0.2, 0) is 6.42 Å². The minimum absolute atomic E-state index is 0.323. The second-order valence-electron chi connectivity index (χ2n) is 6.43. The second kappa shape index (κ2) is 4.58. The summed E-state index contributed by atoms with van der Waals surface area (Å²) in [5.41, 5.74) is 2.27. The number of aromatic nitrogens is 2. The van der Waals surface area contributed by atoms with Gasteiger partial charge in [0.05, 0.1) is 16.6 Å². The molecule has 0 bridgehead atoms. The molecule has 0 radical (unpaired) electrons. The summed E-state index contributed by atoms with van der Waals surface area (Å²) in [5.74, 6) is 1.83. The predicted molar refractivity (Wildman–Crippen MR) is 80.6 cm³/mol. The average molecular weight is 284 g/mol. The molecular weight excluding hydrogens is 264 g/mol. The van der Waals surface area contributed by atoms with Gasteiger partial charge in [-0.05, 0) is 55.7 Å². The number of aromatic carboxylic acids is 1. The lowest BCUT2D eigenvalue weighted by atomic mass is 10.1. The number of carbonyl (C=O) groups is 1. The fourth-order valence-corrected chi connectivity index (χ4v) is 3.55. The number of rotatable bonds is 5. The van der Waals surface area contributed by atoms with Gasteiger partial charge in [0.25, 0.3) is 0 Å². The molecule has 0 atom stereocenters. The van der Waals surface area contributed by atoms with Crippen molar-refractivity contribution in [3.05, 3.63) is 29.6 Å². The lowest BCUT2D eigenvalue weighted by Crippen LogP contribution is -2.16. The first kappa shape index (κ1) is 12.9. The van der Waals surface area contributed by atoms with Gasteiger partial charge in [-0.3, -0.25) is 0 Å². The number of fused-ring (bicyclic) bond motifs is 1. The molecule has 2 fully saturated rings. The van der Waals surface area contributed by atoms with E-state index >= 15 is 0 Å². The van der Waals surface area contributed by atoms with E-state index in [1.807, 2.05) is 6.07 Å². The largest absolute Gasteiger partial charge is 0.478 e. The maximum Gasteiger partial charge on any atom is 0.335 e. The van der Waals surface area contributed by atoms with Gasteiger partial charge in [-0.15, -0.1) is 0 Å². The zero-order valence-corrected chi connectivity index (χ0v) is 12.2. The number of hydrogen-bond acceptors (Lipinski definition) is 2. The molecular formula is C17H20N2O2. The Morgan fingerprint density at radius 1 is 1.33 bits per heavy atom. The van der Waals surface area contributed by atoms with E-state index in [0.717, 1.165) is 35.1 Å². The highest BCUT2D eigenvalue weighted by Gasteiger charge is 2.43. The van der Waals surface area contributed by atoms with Crippen LogP contribution in [0.1, 0.15) is 54.8 Å². The van der Waals surface area contributed by atoms with Crippen molar-refractivity contribution in [1.82, 2.24) is 9.55 Å². The summed E-state index contributed by atoms with van der Waals surface area (Å²) in [4.78, 5) is 15.9. The number of hydrogen-bond donors (Lipinski definition) is 1. The predicted octanol–water partition coefficient (Wildman–Crippen LogP) is 3.66. The molecule has 0 unspecified atom stereocenters. The molecule has 1 N–H and O–H groups in total. The summed E-state index contributed by atoms with van der Waals surface area (Å²) in [6.07, 6.45) is 6.22. The van der Waals surface area contributed by atoms with Gasteiger partial charge in [0.15, 0.2) is 0 Å². The van der Waals surface area contributed by atoms with Crippen molar-refractivity contribution < 1.29 is 9.90 Å². The summed E-state index contributed by atoms with van der Waals surface area (Å²) in [6, 6.07) is 5.95. The zero-order chi connectivity index (χ0) is 14.6. The van der Waals surface area contributed by atoms with Crippen LogP contribution in [0.4, 0.5) is 0 Å². The lowest BCUT2D eigenvalue weighted by molar-refractivity contribution is 0.0697. The maximum atomic E-state index is 11.1. The van der Waals surface area contributed by atoms with Gasteiger partial charge in [0.2, 0.25) is 0 Å². The maximum absolute atomic E-state index is 11.1. The van der Waals surface area contributed by atoms with Gasteiger partial charge in [0.1, 0.15) is 5.82 Å². The normalized spacial score (nSPS) is 18.6. The molecule has 2 saturated carbocycles. The first-order chi connectivity index (χ1) is 10.2. The SMILES string of the molecule is CCc1nc2cc(C(=O)O)ccc2n1C(C1CC1)C1CC1. The van der Waals surface area contributed by atoms with Crippen LogP contribution < -0.4 is 0 Å². The van der Waals surface area contributed by atoms with Gasteiger partial charge in [-0.1, -0.05) is 6.92 Å². The highest BCUT2D eigenvalue weighted by Crippen LogP contribution is 2.53. The Morgan fingerprint density at radius 2 is 2.00 bits per heavy atom. The quantitative estimate of drug-likeness (QED) is 0.911. The molecule has 4 rings (SSSR count). The van der Waals surface area contributed by atoms with E-state index in [1.54, 1.807) is 12.1 Å². The molecule has 2 aromatic rings. The Labute approximate surface area is 123 Å². The molecule has 21 heavy (non-hydrogen) atoms. The van der Waals surface area contributed by atoms with Crippen LogP contribution in [0.25, 0.3) is 11.0 Å². The highest BCUT2D eigenvalue weighted by atomic mass is 16.4. The summed E-state index contributed by atoms with van der Waals surface area (Å²) in [5, 5.41) is 9.15. The lowest BCUT2D eigenvalue weighted by Gasteiger charge is -2.21. The number of imidazole rings is 1. The monoisotopic (exact) mass is 284 g/mol. The van der Waals surface area contributed by atoms with Crippen LogP contribution in [0, 0.1) is 11.8 Å². The molecule has 1 aromatic heterocycles. The zero-order valence-electron chi connectivity index (χ0n) is 12.2. The van der Waals surface area contributed by atoms with Gasteiger partial charge in [-0.25, -0.2) is 9.78 Å². The van der Waals surface area contributed by atoms with E-state index in [9.17, 15) is 4.79 Å². The number of nitrogens with zero attached hydrogens (tertiary/aromatic N) is 2. The fourth-order valence-electron chi connectivity index (χ4n) is 3.55. The Bertz CT molecular complexity index is 699. The topological polar surface area (TPSA) is 55.1 Å². The number of carboxylic acids is 1. The molecule has 110 valence electrons. The van der Waals surface area contributed by atoms with Crippen molar-refractivity contribution in [2.45, 2.75) is 45.1 Å². The van der Waals surface area contributed by atoms with E-state index in [-0.39, 0.29) is 0 Å². The van der Waals surface area contributed by atoms with Crippen molar-refractivity contribution in [3.8, 4) is 0 Å². The molecule has 0 aliphatic heterocycles. The summed E-state index contributed by atoms with van der Waals surface area (Å²) >= 11 is 0. The van der Waals surface area contributed by atoms with Crippen molar-refractivity contribution in [3.63, 3.8) is 0 Å². The van der Waals surface area contributed by atoms with E-state index in [0.29, 0.717) is 11.6 Å². The highest BCUT2D eigenvalue weighted by molar-refractivity contribution is 5.92. The second-order valence-corrected chi connectivity index (χ2v) is 6.43. The number of carboxylic acid groups (broad SMARTS) is 1. The van der Waals surface area contributed by atoms with E-state index < -0.39 is 5.97 Å². The molecule has 0 spiro atoms. The standard InChI is InChI=1S/C17H20N2O2/c1-2-15-18-13-9-12(17(20)21)7-8-14(13)19(15)16(10-3-4-10)11-5-6-11/h7-11,16H,2-6H2,1H3,(H,20,21). The summed E-state index contributed by atoms with van der Waals surface area (Å²) < 4.78 is 2.43. The van der Waals surface area contributed by atoms with Crippen molar-refractivity contribution in [2.75, 3.05) is 0 Å². The third-order valence-electron chi connectivity index (χ3n) is 4.83. The first-order valence-electron chi connectivity index (χ1n) is 7.93. The van der Waals surface area contributed by atoms with Gasteiger partial charge < -0.3 is 9.67 Å². The van der Waals surface area contributed by atoms with Gasteiger partial charge in [-0.2, -0.15) is 0 Å². The van der Waals surface area contributed by atoms with Gasteiger partial charge >= 0.3 is 5.97 Å². The van der Waals surface area contributed by atoms with E-state index in [2.05, 4.69) is 11.5 Å². The molecule has 4 heteroatoms. The van der Waals surface area contributed by atoms with Crippen molar-refractivity contribution >= 4 is 17.0 Å². The van der Waals surface area contributed by atoms with Crippen LogP contribution in [0.2, 0.25) is 0 Å². The minimum Gasteiger partial charge on any atom is -0.478 e. The molecule has 4 nitrogen and oxygen atoms in total. The van der Waals surface area contributed by atoms with Crippen LogP contribution in [0.3, 0.4) is 0 Å². The smallest absolute Gasteiger partial charge is 0.335 e. The molecule has 1 heterocycles. The molecule has 2 aliphatic rings. The third kappa shape index (κ3) is 2.13. The van der Waals surface area contributed by atoms with Crippen molar-refractivity contribution in [2.24, 2.45) is 11.8 Å². The van der Waals surface area contributed by atoms with Crippen LogP contribution in [-0.4, -0.2) is 20.6 Å². The fraction of sp³-hybridized carbons (Fsp3) is 0.529. The summed E-state index contributed by atoms with van der Waals surface area (Å²) in [6.45, 7) is 2.13. The number of aryl methyl sites for hydroxylation is 1. The molecule has 0 saturated heterocycles. The molecule has 1 aromatic carbocycles. The van der Waals surface area contributed by atoms with E-state index in [4.69, 9.17) is 10.1 Å². The van der Waals surface area contributed by atoms with Gasteiger partial charge in [0, 0.05) is 12.5 Å². The van der Waals surface area contributed by atoms with Crippen molar-refractivity contribution in [1.29, 1.82) is 0 Å². The summed E-state index contributed by atoms with van der Waals surface area (Å²) in [7, 11) is 0. The molecule has 2 aliphatic carbocycles. The Morgan fingerprint density at radius 3 is 2.52 bits per heavy atom. The van der Waals surface area contributed by atoms with Crippen LogP contribution >= 0.6 is 0 Å². The van der Waals surface area contributed by atoms with Crippen LogP contribution in [0.15, 0.2) is 18.2 Å². The third-order valence-corrected chi connectivity index (χ3v) is 4.83. The first-order valence-corrected chi connectivity index (χ1v) is 7.93. The van der Waals surface area contributed by atoms with E-state index in [1.165, 1.54) is 25.7 Å². The Kier molecular flexibility index (Phi) is 2.81. The average Bonchev–Trinajstić information content (AvgIpc) is 3.37. The minimum atomic E-state index is -0.884. The molecule has 0 amide bonds. The number of benzene rings is 1. The Balaban J connectivity index is 1.87. The Hall–Kier alpha value is -1.84.